The molecular weight excluding hydrogens is 247 g/mol. The lowest BCUT2D eigenvalue weighted by Gasteiger charge is -2.18. The van der Waals surface area contributed by atoms with Gasteiger partial charge < -0.3 is 10.1 Å². The van der Waals surface area contributed by atoms with Gasteiger partial charge in [0.2, 0.25) is 0 Å². The summed E-state index contributed by atoms with van der Waals surface area (Å²) in [5, 5.41) is 2.31. The third kappa shape index (κ3) is 3.29. The van der Waals surface area contributed by atoms with Crippen LogP contribution in [0.25, 0.3) is 0 Å². The van der Waals surface area contributed by atoms with Gasteiger partial charge in [-0.05, 0) is 19.9 Å². The summed E-state index contributed by atoms with van der Waals surface area (Å²) < 4.78 is 43.3. The van der Waals surface area contributed by atoms with Crippen LogP contribution in [0.5, 0.6) is 0 Å². The molecule has 98 valence electrons. The maximum absolute atomic E-state index is 12.8. The first-order valence-corrected chi connectivity index (χ1v) is 5.20. The van der Waals surface area contributed by atoms with Gasteiger partial charge in [0, 0.05) is 5.57 Å². The fraction of sp³-hybridized carbons (Fsp3) is 0.417. The quantitative estimate of drug-likeness (QED) is 0.611. The molecule has 1 amide bonds. The summed E-state index contributed by atoms with van der Waals surface area (Å²) in [5.74, 6) is 4.94. The zero-order chi connectivity index (χ0) is 13.8. The molecule has 1 atom stereocenters. The molecule has 1 fully saturated rings. The van der Waals surface area contributed by atoms with Gasteiger partial charge in [-0.15, -0.1) is 5.92 Å². The van der Waals surface area contributed by atoms with E-state index in [9.17, 15) is 18.0 Å². The van der Waals surface area contributed by atoms with Gasteiger partial charge in [0.25, 0.3) is 0 Å². The second-order valence-electron chi connectivity index (χ2n) is 3.47. The van der Waals surface area contributed by atoms with Crippen LogP contribution in [-0.2, 0) is 4.74 Å². The molecule has 1 heterocycles. The fourth-order valence-electron chi connectivity index (χ4n) is 1.55. The van der Waals surface area contributed by atoms with Gasteiger partial charge in [-0.3, -0.25) is 0 Å². The van der Waals surface area contributed by atoms with Crippen molar-refractivity contribution >= 4 is 6.09 Å². The number of ether oxygens (including phenoxy) is 1. The van der Waals surface area contributed by atoms with Crippen LogP contribution in [0.3, 0.4) is 0 Å². The van der Waals surface area contributed by atoms with Crippen LogP contribution in [0.15, 0.2) is 23.3 Å². The summed E-state index contributed by atoms with van der Waals surface area (Å²) in [7, 11) is 0. The van der Waals surface area contributed by atoms with Gasteiger partial charge in [0.1, 0.15) is 6.10 Å². The van der Waals surface area contributed by atoms with Crippen molar-refractivity contribution in [3.8, 4) is 11.8 Å². The number of amides is 1. The Morgan fingerprint density at radius 3 is 2.61 bits per heavy atom. The van der Waals surface area contributed by atoms with Crippen LogP contribution in [0.1, 0.15) is 13.8 Å². The lowest BCUT2D eigenvalue weighted by Crippen LogP contribution is -2.24. The number of allylic oxidation sites excluding steroid dienone is 2. The topological polar surface area (TPSA) is 38.3 Å². The number of rotatable bonds is 2. The Morgan fingerprint density at radius 1 is 1.56 bits per heavy atom. The van der Waals surface area contributed by atoms with Crippen LogP contribution in [0.2, 0.25) is 0 Å². The third-order valence-corrected chi connectivity index (χ3v) is 2.31. The number of hydrogen-bond donors (Lipinski definition) is 1. The minimum Gasteiger partial charge on any atom is -0.439 e. The predicted molar refractivity (Wildman–Crippen MR) is 59.6 cm³/mol. The highest BCUT2D eigenvalue weighted by Gasteiger charge is 2.40. The van der Waals surface area contributed by atoms with E-state index in [0.717, 1.165) is 12.2 Å². The molecule has 3 nitrogen and oxygen atoms in total. The van der Waals surface area contributed by atoms with Gasteiger partial charge >= 0.3 is 12.3 Å². The summed E-state index contributed by atoms with van der Waals surface area (Å²) >= 11 is 0. The van der Waals surface area contributed by atoms with E-state index in [1.54, 1.807) is 0 Å². The standard InChI is InChI=1S/C12H12F3NO2/c1-3-5-6-8(9(4-2)12(13,14)15)10-7-16-11(17)18-10/h4,6,10H,7H2,1-2H3,(H,16,17)/b8-6+,9-4+. The maximum Gasteiger partial charge on any atom is 0.416 e. The summed E-state index contributed by atoms with van der Waals surface area (Å²) in [5.41, 5.74) is -0.982. The van der Waals surface area contributed by atoms with Crippen LogP contribution in [0, 0.1) is 11.8 Å². The van der Waals surface area contributed by atoms with Crippen molar-refractivity contribution in [2.75, 3.05) is 6.54 Å². The van der Waals surface area contributed by atoms with E-state index in [4.69, 9.17) is 4.74 Å². The lowest BCUT2D eigenvalue weighted by molar-refractivity contribution is -0.0907. The Morgan fingerprint density at radius 2 is 2.22 bits per heavy atom. The molecule has 0 bridgehead atoms. The molecule has 1 unspecified atom stereocenters. The molecule has 1 saturated heterocycles. The SMILES string of the molecule is CC#C/C=C(\C(=C/C)C(F)(F)F)C1CNC(=O)O1. The van der Waals surface area contributed by atoms with Crippen molar-refractivity contribution < 1.29 is 22.7 Å². The van der Waals surface area contributed by atoms with E-state index in [-0.39, 0.29) is 12.1 Å². The van der Waals surface area contributed by atoms with Crippen molar-refractivity contribution in [1.82, 2.24) is 5.32 Å². The highest BCUT2D eigenvalue weighted by Crippen LogP contribution is 2.34. The molecule has 0 spiro atoms. The number of carbonyl (C=O) groups excluding carboxylic acids is 1. The Labute approximate surface area is 103 Å². The van der Waals surface area contributed by atoms with E-state index < -0.39 is 23.9 Å². The Hall–Kier alpha value is -1.90. The van der Waals surface area contributed by atoms with E-state index in [0.29, 0.717) is 0 Å². The first-order chi connectivity index (χ1) is 8.40. The van der Waals surface area contributed by atoms with Crippen molar-refractivity contribution in [3.63, 3.8) is 0 Å². The van der Waals surface area contributed by atoms with Gasteiger partial charge in [-0.25, -0.2) is 4.79 Å². The van der Waals surface area contributed by atoms with Crippen LogP contribution >= 0.6 is 0 Å². The molecular formula is C12H12F3NO2. The van der Waals surface area contributed by atoms with E-state index >= 15 is 0 Å². The molecule has 0 aromatic carbocycles. The fourth-order valence-corrected chi connectivity index (χ4v) is 1.55. The third-order valence-electron chi connectivity index (χ3n) is 2.31. The minimum atomic E-state index is -4.51. The summed E-state index contributed by atoms with van der Waals surface area (Å²) in [6, 6.07) is 0. The minimum absolute atomic E-state index is 0.00345. The average Bonchev–Trinajstić information content (AvgIpc) is 2.69. The largest absolute Gasteiger partial charge is 0.439 e. The zero-order valence-electron chi connectivity index (χ0n) is 9.89. The molecule has 1 N–H and O–H groups in total. The lowest BCUT2D eigenvalue weighted by atomic mass is 9.99. The Bertz CT molecular complexity index is 452. The number of carbonyl (C=O) groups is 1. The predicted octanol–water partition coefficient (Wildman–Crippen LogP) is 2.55. The van der Waals surface area contributed by atoms with Gasteiger partial charge in [-0.1, -0.05) is 12.0 Å². The van der Waals surface area contributed by atoms with Gasteiger partial charge in [-0.2, -0.15) is 13.2 Å². The smallest absolute Gasteiger partial charge is 0.416 e. The highest BCUT2D eigenvalue weighted by molar-refractivity contribution is 5.70. The van der Waals surface area contributed by atoms with E-state index in [1.807, 2.05) is 0 Å². The molecule has 0 aromatic rings. The summed E-state index contributed by atoms with van der Waals surface area (Å²) in [6.45, 7) is 2.79. The first kappa shape index (κ1) is 14.2. The molecule has 18 heavy (non-hydrogen) atoms. The second kappa shape index (κ2) is 5.63. The molecule has 0 aliphatic carbocycles. The van der Waals surface area contributed by atoms with Crippen LogP contribution in [0.4, 0.5) is 18.0 Å². The molecule has 0 saturated carbocycles. The second-order valence-corrected chi connectivity index (χ2v) is 3.47. The Kier molecular flexibility index (Phi) is 4.43. The summed E-state index contributed by atoms with van der Waals surface area (Å²) in [6.07, 6.45) is -4.13. The molecule has 1 aliphatic heterocycles. The molecule has 1 aliphatic rings. The molecule has 0 aromatic heterocycles. The number of alkyl halides is 3. The molecule has 6 heteroatoms. The van der Waals surface area contributed by atoms with E-state index in [1.165, 1.54) is 13.8 Å². The first-order valence-electron chi connectivity index (χ1n) is 5.20. The number of alkyl carbamates (subject to hydrolysis) is 1. The monoisotopic (exact) mass is 259 g/mol. The van der Waals surface area contributed by atoms with Gasteiger partial charge in [0.05, 0.1) is 12.1 Å². The van der Waals surface area contributed by atoms with Crippen molar-refractivity contribution in [2.24, 2.45) is 0 Å². The number of hydrogen-bond acceptors (Lipinski definition) is 2. The average molecular weight is 259 g/mol. The number of halogens is 3. The van der Waals surface area contributed by atoms with Gasteiger partial charge in [0.15, 0.2) is 0 Å². The summed E-state index contributed by atoms with van der Waals surface area (Å²) in [4.78, 5) is 10.9. The zero-order valence-corrected chi connectivity index (χ0v) is 9.89. The normalized spacial score (nSPS) is 20.9. The van der Waals surface area contributed by atoms with Crippen LogP contribution in [-0.4, -0.2) is 24.9 Å². The van der Waals surface area contributed by atoms with E-state index in [2.05, 4.69) is 17.2 Å². The molecule has 0 radical (unpaired) electrons. The molecule has 1 rings (SSSR count). The maximum atomic E-state index is 12.8. The number of nitrogens with one attached hydrogen (secondary N) is 1. The van der Waals surface area contributed by atoms with Crippen molar-refractivity contribution in [1.29, 1.82) is 0 Å². The number of cyclic esters (lactones) is 1. The Balaban J connectivity index is 3.12. The van der Waals surface area contributed by atoms with Crippen molar-refractivity contribution in [2.45, 2.75) is 26.1 Å². The van der Waals surface area contributed by atoms with Crippen LogP contribution < -0.4 is 5.32 Å². The highest BCUT2D eigenvalue weighted by atomic mass is 19.4. The van der Waals surface area contributed by atoms with Crippen molar-refractivity contribution in [3.05, 3.63) is 23.3 Å².